The molecule has 2 fully saturated rings. The van der Waals surface area contributed by atoms with Gasteiger partial charge in [-0.25, -0.2) is 8.42 Å². The van der Waals surface area contributed by atoms with Crippen molar-refractivity contribution in [1.82, 2.24) is 4.90 Å². The van der Waals surface area contributed by atoms with Gasteiger partial charge in [-0.15, -0.1) is 0 Å². The molecule has 0 amide bonds. The normalized spacial score (nSPS) is 38.7. The highest BCUT2D eigenvalue weighted by Gasteiger charge is 2.42. The van der Waals surface area contributed by atoms with Crippen molar-refractivity contribution >= 4 is 9.84 Å². The molecule has 2 saturated heterocycles. The molecule has 2 atom stereocenters. The maximum Gasteiger partial charge on any atom is 0.154 e. The molecule has 5 nitrogen and oxygen atoms in total. The molecule has 0 bridgehead atoms. The monoisotopic (exact) mass is 249 g/mol. The van der Waals surface area contributed by atoms with Gasteiger partial charge in [0, 0.05) is 13.1 Å². The second-order valence-corrected chi connectivity index (χ2v) is 7.40. The fourth-order valence-corrected chi connectivity index (χ4v) is 4.33. The van der Waals surface area contributed by atoms with E-state index in [0.29, 0.717) is 25.9 Å². The Balaban J connectivity index is 2.00. The van der Waals surface area contributed by atoms with Crippen LogP contribution < -0.4 is 0 Å². The molecule has 0 radical (unpaired) electrons. The first-order valence-corrected chi connectivity index (χ1v) is 7.46. The molecule has 0 aromatic heterocycles. The first-order chi connectivity index (χ1) is 7.29. The summed E-state index contributed by atoms with van der Waals surface area (Å²) in [5.74, 6) is -0.0686. The summed E-state index contributed by atoms with van der Waals surface area (Å²) in [4.78, 5) is 1.99. The average molecular weight is 249 g/mol. The summed E-state index contributed by atoms with van der Waals surface area (Å²) in [6.45, 7) is 3.11. The highest BCUT2D eigenvalue weighted by atomic mass is 32.2. The van der Waals surface area contributed by atoms with Gasteiger partial charge in [-0.05, 0) is 19.8 Å². The third kappa shape index (κ3) is 2.56. The lowest BCUT2D eigenvalue weighted by Gasteiger charge is -2.39. The molecule has 16 heavy (non-hydrogen) atoms. The number of rotatable bonds is 1. The number of piperidine rings is 1. The summed E-state index contributed by atoms with van der Waals surface area (Å²) < 4.78 is 22.8. The minimum absolute atomic E-state index is 0.0519. The van der Waals surface area contributed by atoms with Crippen LogP contribution in [0.3, 0.4) is 0 Å². The SMILES string of the molecule is CC1(O)CCN([C@@H]2CS(=O)(=O)C[C@H]2O)CC1. The van der Waals surface area contributed by atoms with Crippen LogP contribution in [-0.4, -0.2) is 65.9 Å². The lowest BCUT2D eigenvalue weighted by atomic mass is 9.92. The van der Waals surface area contributed by atoms with Crippen LogP contribution in [0.25, 0.3) is 0 Å². The van der Waals surface area contributed by atoms with Crippen LogP contribution in [0, 0.1) is 0 Å². The number of hydrogen-bond acceptors (Lipinski definition) is 5. The lowest BCUT2D eigenvalue weighted by Crippen LogP contribution is -2.50. The number of hydrogen-bond donors (Lipinski definition) is 2. The smallest absolute Gasteiger partial charge is 0.154 e. The molecule has 0 unspecified atom stereocenters. The molecule has 0 aliphatic carbocycles. The quantitative estimate of drug-likeness (QED) is 0.623. The Kier molecular flexibility index (Phi) is 3.03. The van der Waals surface area contributed by atoms with Gasteiger partial charge in [0.15, 0.2) is 9.84 Å². The fourth-order valence-electron chi connectivity index (χ4n) is 2.50. The largest absolute Gasteiger partial charge is 0.390 e. The van der Waals surface area contributed by atoms with E-state index in [4.69, 9.17) is 0 Å². The van der Waals surface area contributed by atoms with Gasteiger partial charge in [-0.2, -0.15) is 0 Å². The third-order valence-corrected chi connectivity index (χ3v) is 5.34. The number of aliphatic hydroxyl groups is 2. The van der Waals surface area contributed by atoms with Gasteiger partial charge >= 0.3 is 0 Å². The molecular formula is C10H19NO4S. The minimum atomic E-state index is -3.08. The summed E-state index contributed by atoms with van der Waals surface area (Å²) in [6, 6.07) is -0.277. The number of sulfone groups is 1. The first kappa shape index (κ1) is 12.3. The summed E-state index contributed by atoms with van der Waals surface area (Å²) in [6.07, 6.45) is 0.500. The zero-order chi connectivity index (χ0) is 12.0. The van der Waals surface area contributed by atoms with Gasteiger partial charge in [0.25, 0.3) is 0 Å². The Hall–Kier alpha value is -0.170. The van der Waals surface area contributed by atoms with Crippen molar-refractivity contribution in [2.75, 3.05) is 24.6 Å². The molecule has 2 rings (SSSR count). The van der Waals surface area contributed by atoms with Crippen LogP contribution in [0.5, 0.6) is 0 Å². The standard InChI is InChI=1S/C10H19NO4S/c1-10(13)2-4-11(5-3-10)8-6-16(14,15)7-9(8)12/h8-9,12-13H,2-7H2,1H3/t8-,9-/m1/s1. The predicted molar refractivity (Wildman–Crippen MR) is 59.9 cm³/mol. The van der Waals surface area contributed by atoms with Crippen molar-refractivity contribution in [2.45, 2.75) is 37.5 Å². The second kappa shape index (κ2) is 3.94. The van der Waals surface area contributed by atoms with E-state index in [-0.39, 0.29) is 17.5 Å². The molecule has 2 heterocycles. The first-order valence-electron chi connectivity index (χ1n) is 5.64. The van der Waals surface area contributed by atoms with Crippen LogP contribution in [0.1, 0.15) is 19.8 Å². The van der Waals surface area contributed by atoms with Crippen LogP contribution in [0.15, 0.2) is 0 Å². The summed E-state index contributed by atoms with van der Waals surface area (Å²) in [5.41, 5.74) is -0.640. The fraction of sp³-hybridized carbons (Fsp3) is 1.00. The van der Waals surface area contributed by atoms with E-state index < -0.39 is 21.5 Å². The average Bonchev–Trinajstić information content (AvgIpc) is 2.40. The molecular weight excluding hydrogens is 230 g/mol. The van der Waals surface area contributed by atoms with Crippen molar-refractivity contribution in [2.24, 2.45) is 0 Å². The molecule has 2 aliphatic heterocycles. The summed E-state index contributed by atoms with van der Waals surface area (Å²) >= 11 is 0. The van der Waals surface area contributed by atoms with E-state index in [9.17, 15) is 18.6 Å². The highest BCUT2D eigenvalue weighted by molar-refractivity contribution is 7.91. The maximum absolute atomic E-state index is 11.4. The van der Waals surface area contributed by atoms with Crippen LogP contribution in [-0.2, 0) is 9.84 Å². The maximum atomic E-state index is 11.4. The van der Waals surface area contributed by atoms with Crippen molar-refractivity contribution in [1.29, 1.82) is 0 Å². The third-order valence-electron chi connectivity index (χ3n) is 3.64. The molecule has 0 saturated carbocycles. The second-order valence-electron chi connectivity index (χ2n) is 5.24. The molecule has 0 aromatic carbocycles. The topological polar surface area (TPSA) is 77.8 Å². The molecule has 0 spiro atoms. The van der Waals surface area contributed by atoms with Gasteiger partial charge in [0.05, 0.1) is 29.3 Å². The predicted octanol–water partition coefficient (Wildman–Crippen LogP) is -1.01. The van der Waals surface area contributed by atoms with E-state index in [1.807, 2.05) is 4.90 Å². The van der Waals surface area contributed by atoms with Crippen LogP contribution in [0.2, 0.25) is 0 Å². The Bertz CT molecular complexity index is 355. The molecule has 0 aromatic rings. The number of aliphatic hydroxyl groups excluding tert-OH is 1. The zero-order valence-electron chi connectivity index (χ0n) is 9.46. The molecule has 2 aliphatic rings. The lowest BCUT2D eigenvalue weighted by molar-refractivity contribution is -0.0282. The Morgan fingerprint density at radius 3 is 2.25 bits per heavy atom. The van der Waals surface area contributed by atoms with E-state index in [1.165, 1.54) is 0 Å². The number of nitrogens with zero attached hydrogens (tertiary/aromatic N) is 1. The van der Waals surface area contributed by atoms with Gasteiger partial charge in [0.2, 0.25) is 0 Å². The van der Waals surface area contributed by atoms with E-state index in [1.54, 1.807) is 6.92 Å². The van der Waals surface area contributed by atoms with Crippen LogP contribution >= 0.6 is 0 Å². The Morgan fingerprint density at radius 2 is 1.81 bits per heavy atom. The van der Waals surface area contributed by atoms with Crippen molar-refractivity contribution in [3.8, 4) is 0 Å². The van der Waals surface area contributed by atoms with E-state index in [2.05, 4.69) is 0 Å². The Labute approximate surface area is 96.0 Å². The van der Waals surface area contributed by atoms with E-state index in [0.717, 1.165) is 0 Å². The zero-order valence-corrected chi connectivity index (χ0v) is 10.3. The minimum Gasteiger partial charge on any atom is -0.390 e. The van der Waals surface area contributed by atoms with Gasteiger partial charge in [-0.3, -0.25) is 4.90 Å². The van der Waals surface area contributed by atoms with Crippen molar-refractivity contribution < 1.29 is 18.6 Å². The van der Waals surface area contributed by atoms with Gasteiger partial charge in [-0.1, -0.05) is 0 Å². The molecule has 2 N–H and O–H groups in total. The number of likely N-dealkylation sites (tertiary alicyclic amines) is 1. The van der Waals surface area contributed by atoms with Crippen molar-refractivity contribution in [3.05, 3.63) is 0 Å². The van der Waals surface area contributed by atoms with E-state index >= 15 is 0 Å². The Morgan fingerprint density at radius 1 is 1.25 bits per heavy atom. The summed E-state index contributed by atoms with van der Waals surface area (Å²) in [5, 5.41) is 19.5. The van der Waals surface area contributed by atoms with Crippen LogP contribution in [0.4, 0.5) is 0 Å². The molecule has 94 valence electrons. The van der Waals surface area contributed by atoms with Crippen molar-refractivity contribution in [3.63, 3.8) is 0 Å². The van der Waals surface area contributed by atoms with Gasteiger partial charge in [0.1, 0.15) is 0 Å². The highest BCUT2D eigenvalue weighted by Crippen LogP contribution is 2.26. The molecule has 6 heteroatoms. The summed E-state index contributed by atoms with van der Waals surface area (Å²) in [7, 11) is -3.08. The van der Waals surface area contributed by atoms with Gasteiger partial charge < -0.3 is 10.2 Å².